The Hall–Kier alpha value is -2.17. The first-order valence-corrected chi connectivity index (χ1v) is 9.59. The zero-order valence-electron chi connectivity index (χ0n) is 16.7. The van der Waals surface area contributed by atoms with Gasteiger partial charge in [-0.3, -0.25) is 9.59 Å². The van der Waals surface area contributed by atoms with E-state index in [-0.39, 0.29) is 11.7 Å². The highest BCUT2D eigenvalue weighted by Crippen LogP contribution is 2.36. The Morgan fingerprint density at radius 3 is 2.52 bits per heavy atom. The maximum absolute atomic E-state index is 12.3. The fourth-order valence-corrected chi connectivity index (χ4v) is 3.86. The predicted octanol–water partition coefficient (Wildman–Crippen LogP) is 4.08. The van der Waals surface area contributed by atoms with Crippen molar-refractivity contribution in [1.82, 2.24) is 0 Å². The lowest BCUT2D eigenvalue weighted by Gasteiger charge is -2.28. The van der Waals surface area contributed by atoms with E-state index in [0.29, 0.717) is 18.4 Å². The third-order valence-corrected chi connectivity index (χ3v) is 5.45. The zero-order valence-corrected chi connectivity index (χ0v) is 16.7. The fraction of sp³-hybridized carbons (Fsp3) is 0.591. The number of Topliss-reactive ketones (excluding diaryl/α,β-unsaturated/α-hetero) is 1. The van der Waals surface area contributed by atoms with E-state index in [4.69, 9.17) is 9.47 Å². The third-order valence-electron chi connectivity index (χ3n) is 5.45. The quantitative estimate of drug-likeness (QED) is 0.414. The number of fused-ring (bicyclic) bond motifs is 1. The van der Waals surface area contributed by atoms with Crippen LogP contribution >= 0.6 is 0 Å². The third kappa shape index (κ3) is 5.65. The molecular weight excluding hydrogens is 344 g/mol. The number of carbonyl (C=O) groups excluding carboxylic acids is 3. The van der Waals surface area contributed by atoms with Gasteiger partial charge in [0.15, 0.2) is 0 Å². The van der Waals surface area contributed by atoms with Gasteiger partial charge in [0.25, 0.3) is 0 Å². The number of ketones is 1. The topological polar surface area (TPSA) is 69.7 Å². The first-order chi connectivity index (χ1) is 12.7. The molecule has 0 spiro atoms. The Morgan fingerprint density at radius 2 is 1.89 bits per heavy atom. The molecule has 1 fully saturated rings. The van der Waals surface area contributed by atoms with E-state index >= 15 is 0 Å². The predicted molar refractivity (Wildman–Crippen MR) is 103 cm³/mol. The number of hydrogen-bond donors (Lipinski definition) is 0. The molecule has 4 atom stereocenters. The average molecular weight is 374 g/mol. The van der Waals surface area contributed by atoms with Gasteiger partial charge in [0.1, 0.15) is 18.0 Å². The molecule has 2 rings (SSSR count). The summed E-state index contributed by atoms with van der Waals surface area (Å²) in [5.74, 6) is -1.57. The van der Waals surface area contributed by atoms with Gasteiger partial charge < -0.3 is 9.47 Å². The number of allylic oxidation sites excluding steroid dienone is 3. The molecule has 1 aliphatic heterocycles. The van der Waals surface area contributed by atoms with Gasteiger partial charge in [-0.2, -0.15) is 0 Å². The van der Waals surface area contributed by atoms with Crippen molar-refractivity contribution in [3.63, 3.8) is 0 Å². The van der Waals surface area contributed by atoms with Gasteiger partial charge in [-0.15, -0.1) is 0 Å². The highest BCUT2D eigenvalue weighted by molar-refractivity contribution is 5.91. The Bertz CT molecular complexity index is 685. The molecule has 0 unspecified atom stereocenters. The van der Waals surface area contributed by atoms with Gasteiger partial charge in [0.05, 0.1) is 5.92 Å². The SMILES string of the molecule is C=C1C(=O)O[C@H]2/C=C(/C)CC/C=C(\C)CC[C@H](C(C)=O)[C@H](OC(C)=O)C[C@@H]12. The van der Waals surface area contributed by atoms with Crippen molar-refractivity contribution < 1.29 is 23.9 Å². The Morgan fingerprint density at radius 1 is 1.19 bits per heavy atom. The molecule has 148 valence electrons. The van der Waals surface area contributed by atoms with Crippen molar-refractivity contribution in [2.45, 2.75) is 72.0 Å². The van der Waals surface area contributed by atoms with E-state index in [1.165, 1.54) is 19.4 Å². The van der Waals surface area contributed by atoms with Crippen LogP contribution < -0.4 is 0 Å². The fourth-order valence-electron chi connectivity index (χ4n) is 3.86. The van der Waals surface area contributed by atoms with Crippen LogP contribution in [0.5, 0.6) is 0 Å². The van der Waals surface area contributed by atoms with E-state index in [1.54, 1.807) is 0 Å². The molecule has 0 aromatic carbocycles. The first kappa shape index (κ1) is 21.1. The van der Waals surface area contributed by atoms with Crippen molar-refractivity contribution in [3.8, 4) is 0 Å². The van der Waals surface area contributed by atoms with Gasteiger partial charge in [0, 0.05) is 18.4 Å². The molecule has 0 amide bonds. The van der Waals surface area contributed by atoms with Crippen molar-refractivity contribution in [2.75, 3.05) is 0 Å². The number of rotatable bonds is 2. The number of ether oxygens (including phenoxy) is 2. The first-order valence-electron chi connectivity index (χ1n) is 9.59. The van der Waals surface area contributed by atoms with Crippen LogP contribution in [-0.2, 0) is 23.9 Å². The minimum Gasteiger partial charge on any atom is -0.462 e. The van der Waals surface area contributed by atoms with Crippen LogP contribution in [0.25, 0.3) is 0 Å². The summed E-state index contributed by atoms with van der Waals surface area (Å²) in [4.78, 5) is 36.1. The van der Waals surface area contributed by atoms with Crippen LogP contribution in [0.3, 0.4) is 0 Å². The van der Waals surface area contributed by atoms with Crippen LogP contribution in [0.4, 0.5) is 0 Å². The standard InChI is InChI=1S/C22H30O5/c1-13-7-6-8-14(2)11-20-19(15(3)22(25)27-20)12-21(26-17(5)24)18(10-9-13)16(4)23/h7,11,18-21H,3,6,8-10,12H2,1-2,4-5H3/b13-7+,14-11-/t18-,19+,20+,21-/m1/s1. The second-order valence-corrected chi connectivity index (χ2v) is 7.74. The molecule has 1 heterocycles. The summed E-state index contributed by atoms with van der Waals surface area (Å²) in [5, 5.41) is 0. The van der Waals surface area contributed by atoms with Crippen LogP contribution in [0, 0.1) is 11.8 Å². The Balaban J connectivity index is 2.41. The normalized spacial score (nSPS) is 33.8. The highest BCUT2D eigenvalue weighted by atomic mass is 16.6. The molecule has 5 nitrogen and oxygen atoms in total. The van der Waals surface area contributed by atoms with Crippen molar-refractivity contribution in [1.29, 1.82) is 0 Å². The second kappa shape index (κ2) is 9.16. The van der Waals surface area contributed by atoms with Crippen LogP contribution in [0.2, 0.25) is 0 Å². The highest BCUT2D eigenvalue weighted by Gasteiger charge is 2.41. The number of hydrogen-bond acceptors (Lipinski definition) is 5. The molecule has 0 aromatic rings. The van der Waals surface area contributed by atoms with Crippen molar-refractivity contribution in [3.05, 3.63) is 35.5 Å². The second-order valence-electron chi connectivity index (χ2n) is 7.74. The van der Waals surface area contributed by atoms with Crippen molar-refractivity contribution in [2.24, 2.45) is 11.8 Å². The molecule has 0 aromatic heterocycles. The lowest BCUT2D eigenvalue weighted by Crippen LogP contribution is -2.34. The molecule has 0 saturated carbocycles. The lowest BCUT2D eigenvalue weighted by molar-refractivity contribution is -0.152. The Kier molecular flexibility index (Phi) is 7.17. The molecule has 27 heavy (non-hydrogen) atoms. The lowest BCUT2D eigenvalue weighted by atomic mass is 9.82. The summed E-state index contributed by atoms with van der Waals surface area (Å²) < 4.78 is 11.0. The summed E-state index contributed by atoms with van der Waals surface area (Å²) in [5.41, 5.74) is 2.75. The van der Waals surface area contributed by atoms with E-state index < -0.39 is 30.1 Å². The minimum atomic E-state index is -0.596. The monoisotopic (exact) mass is 374 g/mol. The molecule has 0 bridgehead atoms. The molecular formula is C22H30O5. The zero-order chi connectivity index (χ0) is 20.1. The summed E-state index contributed by atoms with van der Waals surface area (Å²) in [6.45, 7) is 10.9. The largest absolute Gasteiger partial charge is 0.462 e. The number of esters is 2. The molecule has 1 saturated heterocycles. The molecule has 0 radical (unpaired) electrons. The van der Waals surface area contributed by atoms with Crippen LogP contribution in [-0.4, -0.2) is 29.9 Å². The van der Waals surface area contributed by atoms with E-state index in [2.05, 4.69) is 19.6 Å². The van der Waals surface area contributed by atoms with Gasteiger partial charge in [-0.1, -0.05) is 23.8 Å². The summed E-state index contributed by atoms with van der Waals surface area (Å²) in [7, 11) is 0. The van der Waals surface area contributed by atoms with Gasteiger partial charge in [0.2, 0.25) is 0 Å². The molecule has 2 aliphatic rings. The maximum atomic E-state index is 12.3. The molecule has 5 heteroatoms. The van der Waals surface area contributed by atoms with E-state index in [0.717, 1.165) is 24.8 Å². The van der Waals surface area contributed by atoms with Crippen molar-refractivity contribution >= 4 is 17.7 Å². The van der Waals surface area contributed by atoms with Crippen LogP contribution in [0.15, 0.2) is 35.5 Å². The average Bonchev–Trinajstić information content (AvgIpc) is 2.81. The van der Waals surface area contributed by atoms with Gasteiger partial charge in [-0.05, 0) is 59.0 Å². The maximum Gasteiger partial charge on any atom is 0.334 e. The van der Waals surface area contributed by atoms with Gasteiger partial charge in [-0.25, -0.2) is 4.79 Å². The van der Waals surface area contributed by atoms with Crippen LogP contribution in [0.1, 0.15) is 59.8 Å². The van der Waals surface area contributed by atoms with E-state index in [9.17, 15) is 14.4 Å². The Labute approximate surface area is 161 Å². The molecule has 0 N–H and O–H groups in total. The van der Waals surface area contributed by atoms with Gasteiger partial charge >= 0.3 is 11.9 Å². The molecule has 1 aliphatic carbocycles. The minimum absolute atomic E-state index is 0.0111. The summed E-state index contributed by atoms with van der Waals surface area (Å²) in [6.07, 6.45) is 6.65. The number of carbonyl (C=O) groups is 3. The summed E-state index contributed by atoms with van der Waals surface area (Å²) in [6, 6.07) is 0. The summed E-state index contributed by atoms with van der Waals surface area (Å²) >= 11 is 0. The smallest absolute Gasteiger partial charge is 0.334 e. The van der Waals surface area contributed by atoms with E-state index in [1.807, 2.05) is 13.0 Å².